The van der Waals surface area contributed by atoms with E-state index in [2.05, 4.69) is 10.6 Å². The van der Waals surface area contributed by atoms with Gasteiger partial charge in [0.25, 0.3) is 0 Å². The molecule has 1 aliphatic heterocycles. The molecule has 0 saturated heterocycles. The third-order valence-electron chi connectivity index (χ3n) is 2.11. The third-order valence-corrected chi connectivity index (χ3v) is 3.43. The quantitative estimate of drug-likeness (QED) is 0.592. The highest BCUT2D eigenvalue weighted by Crippen LogP contribution is 1.93. The van der Waals surface area contributed by atoms with E-state index in [0.717, 1.165) is 0 Å². The molecule has 0 bridgehead atoms. The van der Waals surface area contributed by atoms with Crippen LogP contribution in [0.5, 0.6) is 0 Å². The standard InChI is InChI=1S/C10H16N2O3S/c1-8-2-3-9(13)11-5-7-16(15)6-4-10(14)12-8/h2-3,8H,4-7H2,1H3,(H,11,13)(H,12,14)/b3-2+/t8-,16?/m0/s1. The van der Waals surface area contributed by atoms with Crippen molar-refractivity contribution in [3.63, 3.8) is 0 Å². The number of nitrogens with one attached hydrogen (secondary N) is 2. The Labute approximate surface area is 97.1 Å². The molecule has 0 aromatic heterocycles. The van der Waals surface area contributed by atoms with E-state index in [9.17, 15) is 13.8 Å². The van der Waals surface area contributed by atoms with Gasteiger partial charge < -0.3 is 10.6 Å². The minimum atomic E-state index is -1.05. The van der Waals surface area contributed by atoms with Gasteiger partial charge in [-0.2, -0.15) is 0 Å². The lowest BCUT2D eigenvalue weighted by atomic mass is 10.3. The van der Waals surface area contributed by atoms with E-state index in [-0.39, 0.29) is 24.3 Å². The summed E-state index contributed by atoms with van der Waals surface area (Å²) in [6, 6.07) is -0.189. The number of rotatable bonds is 0. The van der Waals surface area contributed by atoms with E-state index in [1.54, 1.807) is 13.0 Å². The van der Waals surface area contributed by atoms with E-state index < -0.39 is 10.8 Å². The Morgan fingerprint density at radius 1 is 1.38 bits per heavy atom. The number of carbonyl (C=O) groups excluding carboxylic acids is 2. The molecule has 0 aromatic carbocycles. The molecule has 0 aliphatic carbocycles. The number of amides is 2. The van der Waals surface area contributed by atoms with Gasteiger partial charge in [-0.05, 0) is 6.92 Å². The van der Waals surface area contributed by atoms with Gasteiger partial charge in [0.05, 0.1) is 0 Å². The molecular weight excluding hydrogens is 228 g/mol. The van der Waals surface area contributed by atoms with E-state index in [1.165, 1.54) is 6.08 Å². The van der Waals surface area contributed by atoms with Crippen molar-refractivity contribution in [3.8, 4) is 0 Å². The minimum Gasteiger partial charge on any atom is -0.352 e. The highest BCUT2D eigenvalue weighted by molar-refractivity contribution is 7.85. The third kappa shape index (κ3) is 5.06. The van der Waals surface area contributed by atoms with Gasteiger partial charge in [0.15, 0.2) is 0 Å². The zero-order valence-electron chi connectivity index (χ0n) is 9.19. The molecular formula is C10H16N2O3S. The van der Waals surface area contributed by atoms with Crippen molar-refractivity contribution < 1.29 is 13.8 Å². The Kier molecular flexibility index (Phi) is 5.18. The van der Waals surface area contributed by atoms with Crippen molar-refractivity contribution in [2.75, 3.05) is 18.1 Å². The lowest BCUT2D eigenvalue weighted by Crippen LogP contribution is -2.34. The normalized spacial score (nSPS) is 30.6. The zero-order valence-corrected chi connectivity index (χ0v) is 10.0. The van der Waals surface area contributed by atoms with Gasteiger partial charge in [-0.25, -0.2) is 0 Å². The van der Waals surface area contributed by atoms with Crippen molar-refractivity contribution in [3.05, 3.63) is 12.2 Å². The van der Waals surface area contributed by atoms with E-state index in [0.29, 0.717) is 18.1 Å². The Morgan fingerprint density at radius 2 is 2.12 bits per heavy atom. The van der Waals surface area contributed by atoms with Crippen molar-refractivity contribution in [1.29, 1.82) is 0 Å². The SMILES string of the molecule is C[C@H]1/C=C/C(=O)NCCS(=O)CCC(=O)N1. The number of hydrogen-bond acceptors (Lipinski definition) is 3. The fourth-order valence-corrected chi connectivity index (χ4v) is 2.21. The number of hydrogen-bond donors (Lipinski definition) is 2. The van der Waals surface area contributed by atoms with Gasteiger partial charge >= 0.3 is 0 Å². The monoisotopic (exact) mass is 244 g/mol. The molecule has 6 heteroatoms. The molecule has 0 fully saturated rings. The van der Waals surface area contributed by atoms with Crippen LogP contribution < -0.4 is 10.6 Å². The second-order valence-corrected chi connectivity index (χ2v) is 5.30. The van der Waals surface area contributed by atoms with Crippen LogP contribution in [0.15, 0.2) is 12.2 Å². The maximum Gasteiger partial charge on any atom is 0.243 e. The lowest BCUT2D eigenvalue weighted by Gasteiger charge is -2.11. The summed E-state index contributed by atoms with van der Waals surface area (Å²) in [5.74, 6) is 0.380. The van der Waals surface area contributed by atoms with Crippen LogP contribution in [0.3, 0.4) is 0 Å². The van der Waals surface area contributed by atoms with Gasteiger partial charge in [0, 0.05) is 47.4 Å². The number of carbonyl (C=O) groups is 2. The van der Waals surface area contributed by atoms with Crippen LogP contribution in [0.1, 0.15) is 13.3 Å². The fraction of sp³-hybridized carbons (Fsp3) is 0.600. The molecule has 1 rings (SSSR count). The van der Waals surface area contributed by atoms with Gasteiger partial charge in [0.1, 0.15) is 0 Å². The molecule has 5 nitrogen and oxygen atoms in total. The first kappa shape index (κ1) is 12.9. The predicted octanol–water partition coefficient (Wildman–Crippen LogP) is -0.684. The van der Waals surface area contributed by atoms with Crippen molar-refractivity contribution >= 4 is 22.6 Å². The summed E-state index contributed by atoms with van der Waals surface area (Å²) in [4.78, 5) is 22.6. The highest BCUT2D eigenvalue weighted by atomic mass is 32.2. The van der Waals surface area contributed by atoms with Crippen LogP contribution in [0.4, 0.5) is 0 Å². The second kappa shape index (κ2) is 6.42. The van der Waals surface area contributed by atoms with Crippen LogP contribution in [-0.4, -0.2) is 40.1 Å². The lowest BCUT2D eigenvalue weighted by molar-refractivity contribution is -0.121. The molecule has 16 heavy (non-hydrogen) atoms. The first-order chi connectivity index (χ1) is 7.58. The summed E-state index contributed by atoms with van der Waals surface area (Å²) in [5, 5.41) is 5.33. The van der Waals surface area contributed by atoms with Gasteiger partial charge in [-0.15, -0.1) is 0 Å². The molecule has 90 valence electrons. The first-order valence-electron chi connectivity index (χ1n) is 5.18. The Balaban J connectivity index is 2.62. The van der Waals surface area contributed by atoms with Crippen LogP contribution in [0.2, 0.25) is 0 Å². The average Bonchev–Trinajstić information content (AvgIpc) is 2.22. The smallest absolute Gasteiger partial charge is 0.243 e. The van der Waals surface area contributed by atoms with E-state index in [4.69, 9.17) is 0 Å². The minimum absolute atomic E-state index is 0.133. The van der Waals surface area contributed by atoms with Crippen LogP contribution in [0.25, 0.3) is 0 Å². The Hall–Kier alpha value is -1.17. The molecule has 1 heterocycles. The Bertz CT molecular complexity index is 328. The van der Waals surface area contributed by atoms with Gasteiger partial charge in [-0.3, -0.25) is 13.8 Å². The topological polar surface area (TPSA) is 75.3 Å². The maximum atomic E-state index is 11.4. The van der Waals surface area contributed by atoms with Crippen LogP contribution in [-0.2, 0) is 20.4 Å². The summed E-state index contributed by atoms with van der Waals surface area (Å²) in [5.41, 5.74) is 0. The van der Waals surface area contributed by atoms with Crippen LogP contribution in [0, 0.1) is 0 Å². The zero-order chi connectivity index (χ0) is 12.0. The molecule has 0 spiro atoms. The molecule has 1 unspecified atom stereocenters. The molecule has 0 radical (unpaired) electrons. The van der Waals surface area contributed by atoms with Gasteiger partial charge in [0.2, 0.25) is 11.8 Å². The summed E-state index contributed by atoms with van der Waals surface area (Å²) in [6.07, 6.45) is 3.28. The molecule has 2 amide bonds. The van der Waals surface area contributed by atoms with Crippen molar-refractivity contribution in [2.45, 2.75) is 19.4 Å². The molecule has 0 aromatic rings. The summed E-state index contributed by atoms with van der Waals surface area (Å²) >= 11 is 0. The predicted molar refractivity (Wildman–Crippen MR) is 62.2 cm³/mol. The second-order valence-electron chi connectivity index (χ2n) is 3.60. The largest absolute Gasteiger partial charge is 0.352 e. The Morgan fingerprint density at radius 3 is 2.88 bits per heavy atom. The van der Waals surface area contributed by atoms with Crippen molar-refractivity contribution in [1.82, 2.24) is 10.6 Å². The maximum absolute atomic E-state index is 11.4. The first-order valence-corrected chi connectivity index (χ1v) is 6.67. The molecule has 2 atom stereocenters. The van der Waals surface area contributed by atoms with E-state index >= 15 is 0 Å². The van der Waals surface area contributed by atoms with E-state index in [1.807, 2.05) is 0 Å². The van der Waals surface area contributed by atoms with Gasteiger partial charge in [-0.1, -0.05) is 6.08 Å². The molecule has 2 N–H and O–H groups in total. The van der Waals surface area contributed by atoms with Crippen LogP contribution >= 0.6 is 0 Å². The average molecular weight is 244 g/mol. The van der Waals surface area contributed by atoms with Crippen molar-refractivity contribution in [2.24, 2.45) is 0 Å². The molecule has 1 aliphatic rings. The fourth-order valence-electron chi connectivity index (χ4n) is 1.26. The highest BCUT2D eigenvalue weighted by Gasteiger charge is 2.09. The summed E-state index contributed by atoms with van der Waals surface area (Å²) in [7, 11) is -1.05. The molecule has 0 saturated carbocycles. The summed E-state index contributed by atoms with van der Waals surface area (Å²) in [6.45, 7) is 2.16. The summed E-state index contributed by atoms with van der Waals surface area (Å²) < 4.78 is 11.4.